The van der Waals surface area contributed by atoms with Crippen molar-refractivity contribution in [2.75, 3.05) is 0 Å². The van der Waals surface area contributed by atoms with Gasteiger partial charge in [0.15, 0.2) is 0 Å². The smallest absolute Gasteiger partial charge is 0.0934 e. The van der Waals surface area contributed by atoms with Gasteiger partial charge in [-0.05, 0) is 13.3 Å². The molecule has 2 nitrogen and oxygen atoms in total. The maximum Gasteiger partial charge on any atom is 0.0934 e. The maximum atomic E-state index is 4.60. The maximum absolute atomic E-state index is 4.60. The van der Waals surface area contributed by atoms with Crippen LogP contribution < -0.4 is 0 Å². The van der Waals surface area contributed by atoms with E-state index in [1.54, 1.807) is 22.7 Å². The van der Waals surface area contributed by atoms with E-state index in [1.807, 2.05) is 0 Å². The molecule has 0 amide bonds. The first-order valence-electron chi connectivity index (χ1n) is 5.54. The molecule has 1 atom stereocenters. The molecule has 0 aliphatic carbocycles. The number of hydrogen-bond acceptors (Lipinski definition) is 4. The lowest BCUT2D eigenvalue weighted by Crippen LogP contribution is -1.99. The number of rotatable bonds is 4. The van der Waals surface area contributed by atoms with Crippen molar-refractivity contribution >= 4 is 22.7 Å². The van der Waals surface area contributed by atoms with E-state index in [1.165, 1.54) is 16.4 Å². The Hall–Kier alpha value is -0.740. The summed E-state index contributed by atoms with van der Waals surface area (Å²) in [5.41, 5.74) is 2.41. The molecule has 0 radical (unpaired) electrons. The Morgan fingerprint density at radius 3 is 2.62 bits per heavy atom. The molecule has 0 aromatic carbocycles. The lowest BCUT2D eigenvalue weighted by molar-refractivity contribution is 0.728. The molecule has 0 aliphatic rings. The number of nitrogens with zero attached hydrogens (tertiary/aromatic N) is 2. The second-order valence-corrected chi connectivity index (χ2v) is 5.99. The SMILES string of the molecule is CCc1csc(CC(C)c2csc(C)n2)n1. The number of thiazole rings is 2. The largest absolute Gasteiger partial charge is 0.246 e. The van der Waals surface area contributed by atoms with E-state index in [2.05, 4.69) is 41.5 Å². The predicted octanol–water partition coefficient (Wildman–Crippen LogP) is 3.82. The topological polar surface area (TPSA) is 25.8 Å². The zero-order chi connectivity index (χ0) is 11.5. The average molecular weight is 252 g/mol. The van der Waals surface area contributed by atoms with E-state index in [9.17, 15) is 0 Å². The second kappa shape index (κ2) is 5.06. The lowest BCUT2D eigenvalue weighted by Gasteiger charge is -2.05. The van der Waals surface area contributed by atoms with Gasteiger partial charge in [0.2, 0.25) is 0 Å². The van der Waals surface area contributed by atoms with Crippen LogP contribution in [0.3, 0.4) is 0 Å². The summed E-state index contributed by atoms with van der Waals surface area (Å²) in [7, 11) is 0. The van der Waals surface area contributed by atoms with Gasteiger partial charge in [-0.15, -0.1) is 22.7 Å². The standard InChI is InChI=1S/C12H16N2S2/c1-4-10-6-16-12(14-10)5-8(2)11-7-15-9(3)13-11/h6-8H,4-5H2,1-3H3. The zero-order valence-corrected chi connectivity index (χ0v) is 11.5. The quantitative estimate of drug-likeness (QED) is 0.826. The van der Waals surface area contributed by atoms with Crippen LogP contribution in [0.15, 0.2) is 10.8 Å². The Labute approximate surface area is 104 Å². The predicted molar refractivity (Wildman–Crippen MR) is 70.5 cm³/mol. The van der Waals surface area contributed by atoms with Gasteiger partial charge in [-0.2, -0.15) is 0 Å². The lowest BCUT2D eigenvalue weighted by atomic mass is 10.1. The van der Waals surface area contributed by atoms with Gasteiger partial charge in [0.05, 0.1) is 21.4 Å². The second-order valence-electron chi connectivity index (χ2n) is 3.98. The summed E-state index contributed by atoms with van der Waals surface area (Å²) < 4.78 is 0. The third kappa shape index (κ3) is 2.68. The molecule has 16 heavy (non-hydrogen) atoms. The molecule has 2 aromatic heterocycles. The first-order valence-corrected chi connectivity index (χ1v) is 7.30. The van der Waals surface area contributed by atoms with Gasteiger partial charge in [0.25, 0.3) is 0 Å². The molecule has 0 saturated carbocycles. The van der Waals surface area contributed by atoms with Gasteiger partial charge < -0.3 is 0 Å². The van der Waals surface area contributed by atoms with Crippen molar-refractivity contribution in [2.24, 2.45) is 0 Å². The molecular formula is C12H16N2S2. The monoisotopic (exact) mass is 252 g/mol. The molecule has 2 heterocycles. The zero-order valence-electron chi connectivity index (χ0n) is 9.86. The highest BCUT2D eigenvalue weighted by Gasteiger charge is 2.12. The fourth-order valence-corrected chi connectivity index (χ4v) is 3.32. The molecule has 2 aromatic rings. The van der Waals surface area contributed by atoms with Gasteiger partial charge in [-0.1, -0.05) is 13.8 Å². The average Bonchev–Trinajstić information content (AvgIpc) is 2.87. The van der Waals surface area contributed by atoms with E-state index in [0.717, 1.165) is 17.8 Å². The van der Waals surface area contributed by atoms with Crippen molar-refractivity contribution in [3.63, 3.8) is 0 Å². The first-order chi connectivity index (χ1) is 7.69. The van der Waals surface area contributed by atoms with Crippen LogP contribution in [0.1, 0.15) is 41.2 Å². The van der Waals surface area contributed by atoms with Crippen molar-refractivity contribution in [3.05, 3.63) is 32.2 Å². The van der Waals surface area contributed by atoms with Crippen LogP contribution in [-0.2, 0) is 12.8 Å². The molecule has 4 heteroatoms. The van der Waals surface area contributed by atoms with Crippen LogP contribution in [0.2, 0.25) is 0 Å². The van der Waals surface area contributed by atoms with Crippen molar-refractivity contribution in [1.82, 2.24) is 9.97 Å². The first kappa shape index (κ1) is 11.7. The fraction of sp³-hybridized carbons (Fsp3) is 0.500. The van der Waals surface area contributed by atoms with Crippen LogP contribution in [-0.4, -0.2) is 9.97 Å². The van der Waals surface area contributed by atoms with Crippen molar-refractivity contribution in [3.8, 4) is 0 Å². The number of aromatic nitrogens is 2. The molecule has 0 bridgehead atoms. The molecule has 86 valence electrons. The Balaban J connectivity index is 2.04. The van der Waals surface area contributed by atoms with Crippen LogP contribution in [0.5, 0.6) is 0 Å². The molecule has 0 N–H and O–H groups in total. The molecule has 0 saturated heterocycles. The number of hydrogen-bond donors (Lipinski definition) is 0. The fourth-order valence-electron chi connectivity index (χ4n) is 1.58. The van der Waals surface area contributed by atoms with Crippen molar-refractivity contribution in [2.45, 2.75) is 39.5 Å². The van der Waals surface area contributed by atoms with E-state index >= 15 is 0 Å². The van der Waals surface area contributed by atoms with Crippen LogP contribution >= 0.6 is 22.7 Å². The summed E-state index contributed by atoms with van der Waals surface area (Å²) in [6.45, 7) is 6.42. The Morgan fingerprint density at radius 1 is 1.25 bits per heavy atom. The molecule has 0 fully saturated rings. The third-order valence-electron chi connectivity index (χ3n) is 2.58. The van der Waals surface area contributed by atoms with Crippen LogP contribution in [0.25, 0.3) is 0 Å². The van der Waals surface area contributed by atoms with E-state index in [-0.39, 0.29) is 0 Å². The molecule has 1 unspecified atom stereocenters. The summed E-state index contributed by atoms with van der Waals surface area (Å²) in [4.78, 5) is 9.12. The Bertz CT molecular complexity index is 459. The molecular weight excluding hydrogens is 236 g/mol. The summed E-state index contributed by atoms with van der Waals surface area (Å²) >= 11 is 3.49. The number of aryl methyl sites for hydroxylation is 2. The third-order valence-corrected chi connectivity index (χ3v) is 4.30. The van der Waals surface area contributed by atoms with Gasteiger partial charge >= 0.3 is 0 Å². The summed E-state index contributed by atoms with van der Waals surface area (Å²) in [6, 6.07) is 0. The highest BCUT2D eigenvalue weighted by molar-refractivity contribution is 7.10. The van der Waals surface area contributed by atoms with Gasteiger partial charge in [0.1, 0.15) is 0 Å². The van der Waals surface area contributed by atoms with Crippen LogP contribution in [0, 0.1) is 6.92 Å². The highest BCUT2D eigenvalue weighted by atomic mass is 32.1. The van der Waals surface area contributed by atoms with E-state index in [0.29, 0.717) is 5.92 Å². The van der Waals surface area contributed by atoms with Gasteiger partial charge in [-0.25, -0.2) is 9.97 Å². The van der Waals surface area contributed by atoms with E-state index in [4.69, 9.17) is 0 Å². The molecule has 0 spiro atoms. The van der Waals surface area contributed by atoms with Crippen molar-refractivity contribution < 1.29 is 0 Å². The Morgan fingerprint density at radius 2 is 2.06 bits per heavy atom. The van der Waals surface area contributed by atoms with Crippen molar-refractivity contribution in [1.29, 1.82) is 0 Å². The molecule has 0 aliphatic heterocycles. The minimum absolute atomic E-state index is 0.473. The summed E-state index contributed by atoms with van der Waals surface area (Å²) in [5, 5.41) is 6.70. The van der Waals surface area contributed by atoms with E-state index < -0.39 is 0 Å². The van der Waals surface area contributed by atoms with Gasteiger partial charge in [0, 0.05) is 23.1 Å². The Kier molecular flexibility index (Phi) is 3.71. The van der Waals surface area contributed by atoms with Gasteiger partial charge in [-0.3, -0.25) is 0 Å². The highest BCUT2D eigenvalue weighted by Crippen LogP contribution is 2.23. The molecule has 2 rings (SSSR count). The minimum atomic E-state index is 0.473. The normalized spacial score (nSPS) is 12.9. The summed E-state index contributed by atoms with van der Waals surface area (Å²) in [5.74, 6) is 0.473. The summed E-state index contributed by atoms with van der Waals surface area (Å²) in [6.07, 6.45) is 2.04. The minimum Gasteiger partial charge on any atom is -0.246 e. The van der Waals surface area contributed by atoms with Crippen LogP contribution in [0.4, 0.5) is 0 Å².